The van der Waals surface area contributed by atoms with Gasteiger partial charge >= 0.3 is 5.69 Å². The van der Waals surface area contributed by atoms with Crippen molar-refractivity contribution in [1.82, 2.24) is 14.5 Å². The Bertz CT molecular complexity index is 1600. The number of nitrogens with one attached hydrogen (secondary N) is 2. The lowest BCUT2D eigenvalue weighted by Crippen LogP contribution is -2.44. The lowest BCUT2D eigenvalue weighted by molar-refractivity contribution is -0.122. The molecule has 0 bridgehead atoms. The monoisotopic (exact) mass is 520 g/mol. The molecule has 0 saturated carbocycles. The van der Waals surface area contributed by atoms with Crippen molar-refractivity contribution in [3.8, 4) is 11.5 Å². The second-order valence-corrected chi connectivity index (χ2v) is 9.48. The van der Waals surface area contributed by atoms with Crippen molar-refractivity contribution in [3.63, 3.8) is 0 Å². The largest absolute Gasteiger partial charge is 0.486 e. The smallest absolute Gasteiger partial charge is 0.332 e. The van der Waals surface area contributed by atoms with Gasteiger partial charge in [0, 0.05) is 18.3 Å². The summed E-state index contributed by atoms with van der Waals surface area (Å²) in [6.45, 7) is 2.30. The maximum Gasteiger partial charge on any atom is 0.332 e. The van der Waals surface area contributed by atoms with E-state index in [4.69, 9.17) is 9.47 Å². The molecule has 0 unspecified atom stereocenters. The fourth-order valence-electron chi connectivity index (χ4n) is 4.00. The number of carbonyl (C=O) groups is 2. The van der Waals surface area contributed by atoms with Crippen LogP contribution in [-0.4, -0.2) is 34.2 Å². The lowest BCUT2D eigenvalue weighted by atomic mass is 10.1. The van der Waals surface area contributed by atoms with Crippen LogP contribution in [0.2, 0.25) is 0 Å². The van der Waals surface area contributed by atoms with Crippen LogP contribution in [0.1, 0.15) is 11.1 Å². The molecule has 3 heterocycles. The van der Waals surface area contributed by atoms with Crippen molar-refractivity contribution >= 4 is 39.1 Å². The molecule has 190 valence electrons. The van der Waals surface area contributed by atoms with Gasteiger partial charge in [-0.2, -0.15) is 0 Å². The standard InChI is InChI=1S/C26H24N4O6S/c1-16-2-4-17(5-3-16)13-27-22(31)14-30-25(33)24-19(8-11-37-24)29(26(30)34)15-23(32)28-18-6-7-20-21(12-18)36-10-9-35-20/h2-8,11-12H,9-10,13-15H2,1H3,(H,27,31)(H,28,32). The number of ether oxygens (including phenoxy) is 2. The molecule has 1 aliphatic rings. The Labute approximate surface area is 215 Å². The summed E-state index contributed by atoms with van der Waals surface area (Å²) in [7, 11) is 0. The summed E-state index contributed by atoms with van der Waals surface area (Å²) in [6, 6.07) is 14.3. The Balaban J connectivity index is 1.35. The van der Waals surface area contributed by atoms with Crippen molar-refractivity contribution < 1.29 is 19.1 Å². The normalized spacial score (nSPS) is 12.4. The summed E-state index contributed by atoms with van der Waals surface area (Å²) in [5, 5.41) is 7.15. The Kier molecular flexibility index (Phi) is 6.78. The zero-order chi connectivity index (χ0) is 25.9. The summed E-state index contributed by atoms with van der Waals surface area (Å²) in [4.78, 5) is 51.7. The molecule has 2 aromatic carbocycles. The molecule has 2 N–H and O–H groups in total. The molecule has 0 atom stereocenters. The number of aromatic nitrogens is 2. The average molecular weight is 521 g/mol. The van der Waals surface area contributed by atoms with Gasteiger partial charge in [-0.15, -0.1) is 11.3 Å². The number of thiophene rings is 1. The number of hydrogen-bond acceptors (Lipinski definition) is 7. The highest BCUT2D eigenvalue weighted by atomic mass is 32.1. The van der Waals surface area contributed by atoms with Gasteiger partial charge < -0.3 is 20.1 Å². The minimum atomic E-state index is -0.737. The number of amides is 2. The van der Waals surface area contributed by atoms with Crippen molar-refractivity contribution in [2.45, 2.75) is 26.6 Å². The summed E-state index contributed by atoms with van der Waals surface area (Å²) in [5.74, 6) is 0.156. The van der Waals surface area contributed by atoms with E-state index in [1.807, 2.05) is 31.2 Å². The molecule has 0 fully saturated rings. The van der Waals surface area contributed by atoms with E-state index in [0.717, 1.165) is 27.0 Å². The molecule has 37 heavy (non-hydrogen) atoms. The lowest BCUT2D eigenvalue weighted by Gasteiger charge is -2.19. The van der Waals surface area contributed by atoms with Gasteiger partial charge in [0.1, 0.15) is 31.0 Å². The highest BCUT2D eigenvalue weighted by Crippen LogP contribution is 2.32. The molecule has 2 aromatic heterocycles. The van der Waals surface area contributed by atoms with E-state index in [9.17, 15) is 19.2 Å². The number of hydrogen-bond donors (Lipinski definition) is 2. The van der Waals surface area contributed by atoms with E-state index in [-0.39, 0.29) is 17.8 Å². The fraction of sp³-hybridized carbons (Fsp3) is 0.231. The first-order chi connectivity index (χ1) is 17.9. The van der Waals surface area contributed by atoms with Crippen LogP contribution in [0, 0.1) is 6.92 Å². The predicted octanol–water partition coefficient (Wildman–Crippen LogP) is 2.26. The van der Waals surface area contributed by atoms with Crippen LogP contribution in [-0.2, 0) is 29.2 Å². The van der Waals surface area contributed by atoms with E-state index in [1.54, 1.807) is 29.6 Å². The third-order valence-corrected chi connectivity index (χ3v) is 6.77. The molecule has 2 amide bonds. The zero-order valence-electron chi connectivity index (χ0n) is 20.0. The maximum atomic E-state index is 13.3. The summed E-state index contributed by atoms with van der Waals surface area (Å²) >= 11 is 1.15. The Hall–Kier alpha value is -4.38. The third kappa shape index (κ3) is 5.26. The molecule has 11 heteroatoms. The SMILES string of the molecule is Cc1ccc(CNC(=O)Cn2c(=O)c3sccc3n(CC(=O)Nc3ccc4c(c3)OCCO4)c2=O)cc1. The van der Waals surface area contributed by atoms with E-state index >= 15 is 0 Å². The highest BCUT2D eigenvalue weighted by Gasteiger charge is 2.19. The van der Waals surface area contributed by atoms with Crippen molar-refractivity contribution in [1.29, 1.82) is 0 Å². The molecular formula is C26H24N4O6S. The Morgan fingerprint density at radius 1 is 0.919 bits per heavy atom. The number of aryl methyl sites for hydroxylation is 1. The van der Waals surface area contributed by atoms with Gasteiger partial charge in [-0.3, -0.25) is 19.0 Å². The van der Waals surface area contributed by atoms with E-state index in [0.29, 0.717) is 35.9 Å². The number of benzene rings is 2. The zero-order valence-corrected chi connectivity index (χ0v) is 20.8. The van der Waals surface area contributed by atoms with Gasteiger partial charge in [0.25, 0.3) is 5.56 Å². The van der Waals surface area contributed by atoms with Crippen LogP contribution in [0.3, 0.4) is 0 Å². The summed E-state index contributed by atoms with van der Waals surface area (Å²) in [6.07, 6.45) is 0. The second-order valence-electron chi connectivity index (χ2n) is 8.56. The molecule has 0 aliphatic carbocycles. The van der Waals surface area contributed by atoms with Crippen molar-refractivity contribution in [3.05, 3.63) is 85.9 Å². The summed E-state index contributed by atoms with van der Waals surface area (Å²) in [5.41, 5.74) is 1.52. The van der Waals surface area contributed by atoms with Crippen LogP contribution >= 0.6 is 11.3 Å². The van der Waals surface area contributed by atoms with Gasteiger partial charge in [-0.25, -0.2) is 9.36 Å². The van der Waals surface area contributed by atoms with Gasteiger partial charge in [0.15, 0.2) is 11.5 Å². The van der Waals surface area contributed by atoms with Crippen molar-refractivity contribution in [2.75, 3.05) is 18.5 Å². The molecule has 1 aliphatic heterocycles. The molecule has 0 spiro atoms. The van der Waals surface area contributed by atoms with Gasteiger partial charge in [0.2, 0.25) is 11.8 Å². The number of anilines is 1. The predicted molar refractivity (Wildman–Crippen MR) is 139 cm³/mol. The van der Waals surface area contributed by atoms with Gasteiger partial charge in [0.05, 0.1) is 5.52 Å². The van der Waals surface area contributed by atoms with Gasteiger partial charge in [-0.05, 0) is 36.1 Å². The maximum absolute atomic E-state index is 13.3. The van der Waals surface area contributed by atoms with Gasteiger partial charge in [-0.1, -0.05) is 29.8 Å². The van der Waals surface area contributed by atoms with Crippen LogP contribution in [0.25, 0.3) is 10.2 Å². The average Bonchev–Trinajstić information content (AvgIpc) is 3.39. The molecule has 4 aromatic rings. The first kappa shape index (κ1) is 24.3. The Morgan fingerprint density at radius 3 is 2.43 bits per heavy atom. The van der Waals surface area contributed by atoms with Crippen LogP contribution in [0.15, 0.2) is 63.5 Å². The number of rotatable bonds is 7. The summed E-state index contributed by atoms with van der Waals surface area (Å²) < 4.78 is 13.4. The van der Waals surface area contributed by atoms with Crippen LogP contribution in [0.5, 0.6) is 11.5 Å². The third-order valence-electron chi connectivity index (χ3n) is 5.88. The number of carbonyl (C=O) groups excluding carboxylic acids is 2. The van der Waals surface area contributed by atoms with Crippen molar-refractivity contribution in [2.24, 2.45) is 0 Å². The molecule has 10 nitrogen and oxygen atoms in total. The number of nitrogens with zero attached hydrogens (tertiary/aromatic N) is 2. The Morgan fingerprint density at radius 2 is 1.65 bits per heavy atom. The fourth-order valence-corrected chi connectivity index (χ4v) is 4.84. The van der Waals surface area contributed by atoms with E-state index < -0.39 is 29.6 Å². The topological polar surface area (TPSA) is 121 Å². The van der Waals surface area contributed by atoms with Crippen LogP contribution in [0.4, 0.5) is 5.69 Å². The molecule has 0 saturated heterocycles. The first-order valence-corrected chi connectivity index (χ1v) is 12.5. The minimum absolute atomic E-state index is 0.265. The van der Waals surface area contributed by atoms with E-state index in [2.05, 4.69) is 10.6 Å². The quantitative estimate of drug-likeness (QED) is 0.386. The molecule has 5 rings (SSSR count). The molecule has 0 radical (unpaired) electrons. The first-order valence-electron chi connectivity index (χ1n) is 11.6. The number of fused-ring (bicyclic) bond motifs is 2. The minimum Gasteiger partial charge on any atom is -0.486 e. The highest BCUT2D eigenvalue weighted by molar-refractivity contribution is 7.17. The van der Waals surface area contributed by atoms with Crippen LogP contribution < -0.4 is 31.4 Å². The van der Waals surface area contributed by atoms with E-state index in [1.165, 1.54) is 4.57 Å². The second kappa shape index (κ2) is 10.3. The molecular weight excluding hydrogens is 496 g/mol.